The fourth-order valence-electron chi connectivity index (χ4n) is 1.88. The smallest absolute Gasteiger partial charge is 0.258 e. The van der Waals surface area contributed by atoms with Crippen molar-refractivity contribution in [1.82, 2.24) is 15.1 Å². The van der Waals surface area contributed by atoms with Gasteiger partial charge in [0.1, 0.15) is 0 Å². The molecule has 2 heterocycles. The van der Waals surface area contributed by atoms with Crippen LogP contribution in [0.1, 0.15) is 5.69 Å². The van der Waals surface area contributed by atoms with E-state index in [2.05, 4.69) is 15.1 Å². The van der Waals surface area contributed by atoms with Gasteiger partial charge in [0.25, 0.3) is 5.89 Å². The number of pyridine rings is 1. The molecule has 106 valence electrons. The van der Waals surface area contributed by atoms with Crippen molar-refractivity contribution in [2.24, 2.45) is 5.73 Å². The van der Waals surface area contributed by atoms with Gasteiger partial charge in [-0.05, 0) is 24.3 Å². The highest BCUT2D eigenvalue weighted by Gasteiger charge is 2.16. The van der Waals surface area contributed by atoms with Crippen LogP contribution in [0.2, 0.25) is 10.0 Å². The van der Waals surface area contributed by atoms with Gasteiger partial charge in [0.2, 0.25) is 5.82 Å². The zero-order valence-electron chi connectivity index (χ0n) is 10.8. The van der Waals surface area contributed by atoms with Crippen LogP contribution >= 0.6 is 23.2 Å². The minimum absolute atomic E-state index is 0.338. The van der Waals surface area contributed by atoms with Gasteiger partial charge in [-0.2, -0.15) is 4.98 Å². The molecule has 2 aromatic heterocycles. The molecule has 0 aliphatic heterocycles. The van der Waals surface area contributed by atoms with Gasteiger partial charge in [-0.3, -0.25) is 4.98 Å². The van der Waals surface area contributed by atoms with E-state index in [1.165, 1.54) is 0 Å². The Hall–Kier alpha value is -1.95. The maximum Gasteiger partial charge on any atom is 0.258 e. The Balaban J connectivity index is 2.04. The minimum Gasteiger partial charge on any atom is -0.334 e. The Morgan fingerprint density at radius 3 is 2.62 bits per heavy atom. The van der Waals surface area contributed by atoms with Crippen LogP contribution in [0.5, 0.6) is 0 Å². The first kappa shape index (κ1) is 14.0. The first-order valence-electron chi connectivity index (χ1n) is 6.12. The molecular weight excluding hydrogens is 311 g/mol. The van der Waals surface area contributed by atoms with Gasteiger partial charge in [-0.15, -0.1) is 0 Å². The summed E-state index contributed by atoms with van der Waals surface area (Å²) in [6.45, 7) is 0.338. The summed E-state index contributed by atoms with van der Waals surface area (Å²) in [5, 5.41) is 4.86. The van der Waals surface area contributed by atoms with Crippen molar-refractivity contribution in [3.8, 4) is 22.8 Å². The number of nitrogens with zero attached hydrogens (tertiary/aromatic N) is 3. The second kappa shape index (κ2) is 5.81. The van der Waals surface area contributed by atoms with Crippen LogP contribution in [0.15, 0.2) is 41.1 Å². The fraction of sp³-hybridized carbons (Fsp3) is 0.0714. The Morgan fingerprint density at radius 2 is 1.90 bits per heavy atom. The van der Waals surface area contributed by atoms with E-state index in [-0.39, 0.29) is 0 Å². The summed E-state index contributed by atoms with van der Waals surface area (Å²) in [7, 11) is 0. The van der Waals surface area contributed by atoms with E-state index in [4.69, 9.17) is 33.5 Å². The van der Waals surface area contributed by atoms with E-state index in [0.29, 0.717) is 33.9 Å². The molecule has 0 spiro atoms. The quantitative estimate of drug-likeness (QED) is 0.798. The van der Waals surface area contributed by atoms with E-state index in [0.717, 1.165) is 11.3 Å². The van der Waals surface area contributed by atoms with Crippen LogP contribution in [0, 0.1) is 0 Å². The Labute approximate surface area is 130 Å². The summed E-state index contributed by atoms with van der Waals surface area (Å²) in [4.78, 5) is 8.45. The van der Waals surface area contributed by atoms with Gasteiger partial charge in [-0.1, -0.05) is 34.4 Å². The van der Waals surface area contributed by atoms with Crippen molar-refractivity contribution in [3.05, 3.63) is 52.3 Å². The fourth-order valence-corrected chi connectivity index (χ4v) is 2.44. The summed E-state index contributed by atoms with van der Waals surface area (Å²) in [6, 6.07) is 8.76. The van der Waals surface area contributed by atoms with Crippen LogP contribution in [-0.2, 0) is 6.54 Å². The van der Waals surface area contributed by atoms with Crippen molar-refractivity contribution in [2.45, 2.75) is 6.54 Å². The summed E-state index contributed by atoms with van der Waals surface area (Å²) in [5.74, 6) is 0.699. The molecule has 3 rings (SSSR count). The largest absolute Gasteiger partial charge is 0.334 e. The molecular formula is C14H10Cl2N4O. The SMILES string of the molecule is NCc1cc(-c2nc(-c3c(Cl)cccc3Cl)no2)ccn1. The maximum atomic E-state index is 6.13. The average molecular weight is 321 g/mol. The zero-order valence-corrected chi connectivity index (χ0v) is 12.3. The molecule has 2 N–H and O–H groups in total. The highest BCUT2D eigenvalue weighted by Crippen LogP contribution is 2.33. The zero-order chi connectivity index (χ0) is 14.8. The van der Waals surface area contributed by atoms with Gasteiger partial charge < -0.3 is 10.3 Å². The van der Waals surface area contributed by atoms with E-state index in [1.54, 1.807) is 36.5 Å². The van der Waals surface area contributed by atoms with Crippen LogP contribution < -0.4 is 5.73 Å². The molecule has 0 saturated heterocycles. The molecule has 0 aliphatic carbocycles. The number of aromatic nitrogens is 3. The van der Waals surface area contributed by atoms with Crippen LogP contribution in [0.25, 0.3) is 22.8 Å². The number of hydrogen-bond acceptors (Lipinski definition) is 5. The molecule has 0 atom stereocenters. The lowest BCUT2D eigenvalue weighted by atomic mass is 10.2. The number of nitrogens with two attached hydrogens (primary N) is 1. The lowest BCUT2D eigenvalue weighted by Crippen LogP contribution is -1.98. The molecule has 0 unspecified atom stereocenters. The normalized spacial score (nSPS) is 10.8. The molecule has 21 heavy (non-hydrogen) atoms. The number of hydrogen-bond donors (Lipinski definition) is 1. The van der Waals surface area contributed by atoms with Crippen LogP contribution in [0.3, 0.4) is 0 Å². The molecule has 7 heteroatoms. The van der Waals surface area contributed by atoms with Gasteiger partial charge >= 0.3 is 0 Å². The van der Waals surface area contributed by atoms with Crippen molar-refractivity contribution < 1.29 is 4.52 Å². The maximum absolute atomic E-state index is 6.13. The van der Waals surface area contributed by atoms with Gasteiger partial charge in [0, 0.05) is 18.3 Å². The number of benzene rings is 1. The number of halogens is 2. The Kier molecular flexibility index (Phi) is 3.88. The monoisotopic (exact) mass is 320 g/mol. The van der Waals surface area contributed by atoms with E-state index >= 15 is 0 Å². The van der Waals surface area contributed by atoms with Crippen molar-refractivity contribution >= 4 is 23.2 Å². The second-order valence-corrected chi connectivity index (χ2v) is 5.07. The first-order valence-corrected chi connectivity index (χ1v) is 6.88. The van der Waals surface area contributed by atoms with E-state index in [1.807, 2.05) is 0 Å². The molecule has 0 radical (unpaired) electrons. The molecule has 0 saturated carbocycles. The van der Waals surface area contributed by atoms with Gasteiger partial charge in [-0.25, -0.2) is 0 Å². The van der Waals surface area contributed by atoms with Crippen LogP contribution in [0.4, 0.5) is 0 Å². The third-order valence-corrected chi connectivity index (χ3v) is 3.51. The topological polar surface area (TPSA) is 77.8 Å². The van der Waals surface area contributed by atoms with Crippen molar-refractivity contribution in [2.75, 3.05) is 0 Å². The second-order valence-electron chi connectivity index (χ2n) is 4.26. The first-order chi connectivity index (χ1) is 10.2. The van der Waals surface area contributed by atoms with Crippen molar-refractivity contribution in [3.63, 3.8) is 0 Å². The standard InChI is InChI=1S/C14H10Cl2N4O/c15-10-2-1-3-11(16)12(10)13-19-14(21-20-13)8-4-5-18-9(6-8)7-17/h1-6H,7,17H2. The van der Waals surface area contributed by atoms with Gasteiger partial charge in [0.05, 0.1) is 21.3 Å². The molecule has 0 fully saturated rings. The lowest BCUT2D eigenvalue weighted by molar-refractivity contribution is 0.432. The minimum atomic E-state index is 0.338. The highest BCUT2D eigenvalue weighted by atomic mass is 35.5. The molecule has 0 aliphatic rings. The highest BCUT2D eigenvalue weighted by molar-refractivity contribution is 6.38. The molecule has 3 aromatic rings. The lowest BCUT2D eigenvalue weighted by Gasteiger charge is -2.00. The molecule has 1 aromatic carbocycles. The summed E-state index contributed by atoms with van der Waals surface area (Å²) < 4.78 is 5.27. The molecule has 0 amide bonds. The average Bonchev–Trinajstić information content (AvgIpc) is 2.97. The van der Waals surface area contributed by atoms with Crippen LogP contribution in [-0.4, -0.2) is 15.1 Å². The molecule has 0 bridgehead atoms. The van der Waals surface area contributed by atoms with E-state index < -0.39 is 0 Å². The third-order valence-electron chi connectivity index (χ3n) is 2.89. The predicted octanol–water partition coefficient (Wildman–Crippen LogP) is 3.56. The van der Waals surface area contributed by atoms with Gasteiger partial charge in [0.15, 0.2) is 0 Å². The van der Waals surface area contributed by atoms with E-state index in [9.17, 15) is 0 Å². The Bertz CT molecular complexity index is 768. The Morgan fingerprint density at radius 1 is 1.14 bits per heavy atom. The predicted molar refractivity (Wildman–Crippen MR) is 80.9 cm³/mol. The summed E-state index contributed by atoms with van der Waals surface area (Å²) in [6.07, 6.45) is 1.64. The summed E-state index contributed by atoms with van der Waals surface area (Å²) >= 11 is 12.3. The van der Waals surface area contributed by atoms with Crippen molar-refractivity contribution in [1.29, 1.82) is 0 Å². The third kappa shape index (κ3) is 2.76. The number of rotatable bonds is 3. The summed E-state index contributed by atoms with van der Waals surface area (Å²) in [5.41, 5.74) is 7.60. The molecule has 5 nitrogen and oxygen atoms in total.